The number of fused-ring (bicyclic) bond motifs is 2. The summed E-state index contributed by atoms with van der Waals surface area (Å²) in [7, 11) is 0. The highest BCUT2D eigenvalue weighted by Gasteiger charge is 2.42. The number of aryl methyl sites for hydroxylation is 1. The van der Waals surface area contributed by atoms with E-state index in [1.165, 1.54) is 25.7 Å². The third-order valence-electron chi connectivity index (χ3n) is 5.53. The van der Waals surface area contributed by atoms with Crippen molar-refractivity contribution in [3.05, 3.63) is 23.0 Å². The Morgan fingerprint density at radius 3 is 2.58 bits per heavy atom. The van der Waals surface area contributed by atoms with Crippen molar-refractivity contribution in [3.63, 3.8) is 0 Å². The number of nitrogens with zero attached hydrogens (tertiary/aromatic N) is 1. The fourth-order valence-corrected chi connectivity index (χ4v) is 4.70. The van der Waals surface area contributed by atoms with Gasteiger partial charge in [0.2, 0.25) is 0 Å². The molecule has 2 aliphatic rings. The molecular formula is C16H23NO2. The van der Waals surface area contributed by atoms with E-state index in [0.717, 1.165) is 29.1 Å². The second-order valence-corrected chi connectivity index (χ2v) is 6.54. The molecule has 2 aliphatic carbocycles. The van der Waals surface area contributed by atoms with Gasteiger partial charge in [-0.1, -0.05) is 6.42 Å². The van der Waals surface area contributed by atoms with Crippen molar-refractivity contribution < 1.29 is 9.90 Å². The van der Waals surface area contributed by atoms with Crippen LogP contribution >= 0.6 is 0 Å². The summed E-state index contributed by atoms with van der Waals surface area (Å²) in [6.07, 6.45) is 5.54. The average Bonchev–Trinajstić information content (AvgIpc) is 3.03. The third-order valence-corrected chi connectivity index (χ3v) is 5.53. The summed E-state index contributed by atoms with van der Waals surface area (Å²) in [5, 5.41) is 9.24. The van der Waals surface area contributed by atoms with Crippen molar-refractivity contribution in [2.45, 2.75) is 52.5 Å². The van der Waals surface area contributed by atoms with E-state index in [-0.39, 0.29) is 0 Å². The van der Waals surface area contributed by atoms with E-state index in [0.29, 0.717) is 11.6 Å². The second-order valence-electron chi connectivity index (χ2n) is 6.54. The van der Waals surface area contributed by atoms with Crippen LogP contribution in [0.3, 0.4) is 0 Å². The van der Waals surface area contributed by atoms with E-state index in [1.807, 2.05) is 19.9 Å². The van der Waals surface area contributed by atoms with Gasteiger partial charge in [0.25, 0.3) is 0 Å². The minimum absolute atomic E-state index is 0.434. The smallest absolute Gasteiger partial charge is 0.337 e. The molecule has 0 radical (unpaired) electrons. The summed E-state index contributed by atoms with van der Waals surface area (Å²) in [5.74, 6) is 1.74. The van der Waals surface area contributed by atoms with Crippen LogP contribution in [0.2, 0.25) is 0 Å². The first-order chi connectivity index (χ1) is 8.99. The van der Waals surface area contributed by atoms with Crippen LogP contribution in [0.25, 0.3) is 0 Å². The lowest BCUT2D eigenvalue weighted by molar-refractivity contribution is 0.0695. The van der Waals surface area contributed by atoms with Gasteiger partial charge in [0.15, 0.2) is 0 Å². The van der Waals surface area contributed by atoms with Crippen molar-refractivity contribution in [1.29, 1.82) is 0 Å². The average molecular weight is 261 g/mol. The Balaban J connectivity index is 1.91. The van der Waals surface area contributed by atoms with Gasteiger partial charge in [-0.2, -0.15) is 0 Å². The maximum atomic E-state index is 11.2. The lowest BCUT2D eigenvalue weighted by atomic mass is 9.83. The summed E-state index contributed by atoms with van der Waals surface area (Å²) in [6, 6.07) is 2.25. The van der Waals surface area contributed by atoms with Crippen LogP contribution in [0, 0.1) is 31.6 Å². The normalized spacial score (nSPS) is 30.8. The monoisotopic (exact) mass is 261 g/mol. The molecule has 0 aliphatic heterocycles. The number of carbonyl (C=O) groups is 1. The minimum atomic E-state index is -0.806. The molecule has 2 fully saturated rings. The highest BCUT2D eigenvalue weighted by molar-refractivity contribution is 5.89. The fraction of sp³-hybridized carbons (Fsp3) is 0.688. The van der Waals surface area contributed by atoms with Crippen LogP contribution in [-0.2, 0) is 0 Å². The molecule has 4 atom stereocenters. The lowest BCUT2D eigenvalue weighted by Gasteiger charge is -2.31. The number of hydrogen-bond acceptors (Lipinski definition) is 1. The number of carboxylic acids is 1. The quantitative estimate of drug-likeness (QED) is 0.899. The van der Waals surface area contributed by atoms with Crippen molar-refractivity contribution in [3.8, 4) is 0 Å². The number of aromatic nitrogens is 1. The van der Waals surface area contributed by atoms with Gasteiger partial charge in [0.1, 0.15) is 0 Å². The summed E-state index contributed by atoms with van der Waals surface area (Å²) in [4.78, 5) is 11.2. The van der Waals surface area contributed by atoms with Crippen LogP contribution in [0.15, 0.2) is 6.07 Å². The van der Waals surface area contributed by atoms with Crippen molar-refractivity contribution in [2.75, 3.05) is 0 Å². The summed E-state index contributed by atoms with van der Waals surface area (Å²) < 4.78 is 2.26. The van der Waals surface area contributed by atoms with Crippen LogP contribution in [0.1, 0.15) is 60.4 Å². The van der Waals surface area contributed by atoms with Crippen LogP contribution in [0.4, 0.5) is 0 Å². The third kappa shape index (κ3) is 1.90. The Morgan fingerprint density at radius 1 is 1.37 bits per heavy atom. The zero-order valence-electron chi connectivity index (χ0n) is 12.0. The number of rotatable bonds is 3. The van der Waals surface area contributed by atoms with Gasteiger partial charge < -0.3 is 9.67 Å². The Bertz CT molecular complexity index is 517. The van der Waals surface area contributed by atoms with Crippen LogP contribution in [0.5, 0.6) is 0 Å². The molecule has 1 heterocycles. The van der Waals surface area contributed by atoms with E-state index < -0.39 is 5.97 Å². The molecule has 2 bridgehead atoms. The van der Waals surface area contributed by atoms with Crippen molar-refractivity contribution in [2.24, 2.45) is 17.8 Å². The molecule has 0 amide bonds. The van der Waals surface area contributed by atoms with Gasteiger partial charge in [-0.05, 0) is 63.9 Å². The maximum absolute atomic E-state index is 11.2. The van der Waals surface area contributed by atoms with Crippen LogP contribution < -0.4 is 0 Å². The van der Waals surface area contributed by atoms with E-state index >= 15 is 0 Å². The molecule has 4 unspecified atom stereocenters. The molecule has 104 valence electrons. The largest absolute Gasteiger partial charge is 0.478 e. The van der Waals surface area contributed by atoms with Crippen molar-refractivity contribution >= 4 is 5.97 Å². The summed E-state index contributed by atoms with van der Waals surface area (Å²) in [5.41, 5.74) is 2.47. The van der Waals surface area contributed by atoms with Gasteiger partial charge >= 0.3 is 5.97 Å². The molecule has 3 nitrogen and oxygen atoms in total. The van der Waals surface area contributed by atoms with Crippen molar-refractivity contribution in [1.82, 2.24) is 4.57 Å². The minimum Gasteiger partial charge on any atom is -0.478 e. The van der Waals surface area contributed by atoms with Crippen LogP contribution in [-0.4, -0.2) is 15.6 Å². The van der Waals surface area contributed by atoms with E-state index in [1.54, 1.807) is 0 Å². The van der Waals surface area contributed by atoms with Gasteiger partial charge in [0, 0.05) is 17.4 Å². The maximum Gasteiger partial charge on any atom is 0.337 e. The summed E-state index contributed by atoms with van der Waals surface area (Å²) >= 11 is 0. The first kappa shape index (κ1) is 12.8. The molecule has 1 N–H and O–H groups in total. The van der Waals surface area contributed by atoms with E-state index in [4.69, 9.17) is 0 Å². The molecule has 0 saturated heterocycles. The predicted octanol–water partition coefficient (Wildman–Crippen LogP) is 3.80. The number of aromatic carboxylic acids is 1. The first-order valence-corrected chi connectivity index (χ1v) is 7.40. The lowest BCUT2D eigenvalue weighted by Crippen LogP contribution is -2.23. The molecule has 0 spiro atoms. The number of hydrogen-bond donors (Lipinski definition) is 1. The topological polar surface area (TPSA) is 42.2 Å². The molecular weight excluding hydrogens is 238 g/mol. The van der Waals surface area contributed by atoms with Gasteiger partial charge in [0.05, 0.1) is 5.56 Å². The Morgan fingerprint density at radius 2 is 2.11 bits per heavy atom. The van der Waals surface area contributed by atoms with Gasteiger partial charge in [-0.25, -0.2) is 4.79 Å². The SMILES string of the molecule is Cc1cc(C(=O)O)c(C)n1C(C)C1CC2CCC1C2. The number of carboxylic acid groups (broad SMARTS) is 1. The zero-order chi connectivity index (χ0) is 13.7. The molecule has 3 rings (SSSR count). The molecule has 19 heavy (non-hydrogen) atoms. The summed E-state index contributed by atoms with van der Waals surface area (Å²) in [6.45, 7) is 6.25. The Hall–Kier alpha value is -1.25. The zero-order valence-corrected chi connectivity index (χ0v) is 12.0. The van der Waals surface area contributed by atoms with E-state index in [9.17, 15) is 9.90 Å². The molecule has 1 aromatic rings. The Kier molecular flexibility index (Phi) is 2.95. The Labute approximate surface area is 114 Å². The van der Waals surface area contributed by atoms with Gasteiger partial charge in [-0.3, -0.25) is 0 Å². The second kappa shape index (κ2) is 4.39. The predicted molar refractivity (Wildman–Crippen MR) is 74.5 cm³/mol. The fourth-order valence-electron chi connectivity index (χ4n) is 4.70. The molecule has 3 heteroatoms. The first-order valence-electron chi connectivity index (χ1n) is 7.40. The molecule has 1 aromatic heterocycles. The molecule has 2 saturated carbocycles. The van der Waals surface area contributed by atoms with Gasteiger partial charge in [-0.15, -0.1) is 0 Å². The standard InChI is InChI=1S/C16H23NO2/c1-9-6-15(16(18)19)11(3)17(9)10(2)14-8-12-4-5-13(14)7-12/h6,10,12-14H,4-5,7-8H2,1-3H3,(H,18,19). The van der Waals surface area contributed by atoms with E-state index in [2.05, 4.69) is 11.5 Å². The highest BCUT2D eigenvalue weighted by atomic mass is 16.4. The molecule has 0 aromatic carbocycles. The highest BCUT2D eigenvalue weighted by Crippen LogP contribution is 2.52.